The molecule has 286 valence electrons. The van der Waals surface area contributed by atoms with Gasteiger partial charge < -0.3 is 19.3 Å². The Morgan fingerprint density at radius 3 is 1.12 bits per heavy atom. The summed E-state index contributed by atoms with van der Waals surface area (Å²) in [6.45, 7) is 6.21. The third kappa shape index (κ3) is 10.4. The van der Waals surface area contributed by atoms with Crippen molar-refractivity contribution in [2.45, 2.75) is 22.7 Å². The Labute approximate surface area is 337 Å². The van der Waals surface area contributed by atoms with Gasteiger partial charge in [0.05, 0.1) is 33.8 Å². The number of hydrogen-bond donors (Lipinski definition) is 1. The molecule has 0 aromatic heterocycles. The summed E-state index contributed by atoms with van der Waals surface area (Å²) < 4.78 is 17.8. The largest absolute Gasteiger partial charge is 0.461 e. The third-order valence-corrected chi connectivity index (χ3v) is 10.8. The minimum Gasteiger partial charge on any atom is -0.461 e. The van der Waals surface area contributed by atoms with Crippen molar-refractivity contribution in [1.29, 1.82) is 0 Å². The molecule has 1 fully saturated rings. The van der Waals surface area contributed by atoms with Crippen molar-refractivity contribution >= 4 is 29.7 Å². The minimum atomic E-state index is -1.03. The number of thioether (sulfide) groups is 1. The lowest BCUT2D eigenvalue weighted by molar-refractivity contribution is -0.0390. The average molecular weight is 775 g/mol. The highest BCUT2D eigenvalue weighted by molar-refractivity contribution is 8.01. The monoisotopic (exact) mass is 774 g/mol. The topological polar surface area (TPSA) is 99.1 Å². The van der Waals surface area contributed by atoms with Crippen LogP contribution in [0.5, 0.6) is 0 Å². The molecular formula is C49H42O7S. The molecule has 0 bridgehead atoms. The Hall–Kier alpha value is -6.48. The predicted octanol–water partition coefficient (Wildman–Crippen LogP) is 10.1. The van der Waals surface area contributed by atoms with E-state index in [1.807, 2.05) is 127 Å². The number of esters is 3. The zero-order valence-electron chi connectivity index (χ0n) is 31.2. The summed E-state index contributed by atoms with van der Waals surface area (Å²) >= 11 is 1.26. The molecule has 1 heterocycles. The standard InChI is InChI=1S/C45H36O7S.C4H6/c46-28-39-41(51-44(48)37-24-18-34(19-25-37)31-12-6-2-7-13-31)42(52-45(49)38-26-20-35(21-27-38)32-14-8-3-9-15-32)40(53-39)29-50-43(47)36-22-16-33(17-23-36)30-10-4-1-5-11-30;1-3-4-2/h1-27,39-42,46H,28-29H2;3-4H,1-2H2/t39?,40-,41?,42?;/m0./s1. The highest BCUT2D eigenvalue weighted by Crippen LogP contribution is 2.39. The van der Waals surface area contributed by atoms with Gasteiger partial charge in [0.2, 0.25) is 0 Å². The number of aliphatic hydroxyl groups excluding tert-OH is 1. The molecule has 0 saturated carbocycles. The van der Waals surface area contributed by atoms with Crippen LogP contribution in [0.3, 0.4) is 0 Å². The van der Waals surface area contributed by atoms with E-state index in [0.717, 1.165) is 33.4 Å². The summed E-state index contributed by atoms with van der Waals surface area (Å²) in [6, 6.07) is 50.6. The first-order chi connectivity index (χ1) is 27.9. The van der Waals surface area contributed by atoms with Crippen LogP contribution in [0, 0.1) is 0 Å². The highest BCUT2D eigenvalue weighted by atomic mass is 32.2. The van der Waals surface area contributed by atoms with Crippen LogP contribution < -0.4 is 0 Å². The van der Waals surface area contributed by atoms with Gasteiger partial charge in [0.15, 0.2) is 12.2 Å². The van der Waals surface area contributed by atoms with E-state index in [0.29, 0.717) is 16.7 Å². The highest BCUT2D eigenvalue weighted by Gasteiger charge is 2.49. The maximum absolute atomic E-state index is 13.6. The van der Waals surface area contributed by atoms with Crippen LogP contribution in [0.2, 0.25) is 0 Å². The van der Waals surface area contributed by atoms with E-state index in [-0.39, 0.29) is 13.2 Å². The molecule has 0 radical (unpaired) electrons. The lowest BCUT2D eigenvalue weighted by Gasteiger charge is -2.25. The summed E-state index contributed by atoms with van der Waals surface area (Å²) in [5.74, 6) is -1.81. The van der Waals surface area contributed by atoms with Crippen LogP contribution in [-0.4, -0.2) is 58.9 Å². The van der Waals surface area contributed by atoms with Crippen LogP contribution in [-0.2, 0) is 14.2 Å². The summed E-state index contributed by atoms with van der Waals surface area (Å²) in [5, 5.41) is 9.15. The van der Waals surface area contributed by atoms with Gasteiger partial charge in [-0.2, -0.15) is 0 Å². The molecule has 0 amide bonds. The van der Waals surface area contributed by atoms with Gasteiger partial charge in [-0.3, -0.25) is 0 Å². The summed E-state index contributed by atoms with van der Waals surface area (Å²) in [5.41, 5.74) is 6.84. The van der Waals surface area contributed by atoms with Crippen molar-refractivity contribution in [3.05, 3.63) is 206 Å². The molecule has 0 aliphatic carbocycles. The molecule has 1 aliphatic heterocycles. The van der Waals surface area contributed by atoms with Gasteiger partial charge >= 0.3 is 17.9 Å². The smallest absolute Gasteiger partial charge is 0.338 e. The predicted molar refractivity (Wildman–Crippen MR) is 227 cm³/mol. The number of allylic oxidation sites excluding steroid dienone is 2. The van der Waals surface area contributed by atoms with Crippen LogP contribution in [0.25, 0.3) is 33.4 Å². The molecule has 6 aromatic carbocycles. The number of benzene rings is 6. The second-order valence-corrected chi connectivity index (χ2v) is 14.5. The van der Waals surface area contributed by atoms with Gasteiger partial charge in [0, 0.05) is 0 Å². The van der Waals surface area contributed by atoms with Crippen LogP contribution >= 0.6 is 11.8 Å². The van der Waals surface area contributed by atoms with Crippen molar-refractivity contribution in [3.63, 3.8) is 0 Å². The maximum Gasteiger partial charge on any atom is 0.338 e. The van der Waals surface area contributed by atoms with E-state index in [1.165, 1.54) is 11.8 Å². The quantitative estimate of drug-likeness (QED) is 0.0746. The Kier molecular flexibility index (Phi) is 14.0. The Morgan fingerprint density at radius 1 is 0.474 bits per heavy atom. The average Bonchev–Trinajstić information content (AvgIpc) is 3.61. The normalized spacial score (nSPS) is 16.9. The van der Waals surface area contributed by atoms with Crippen molar-refractivity contribution < 1.29 is 33.7 Å². The van der Waals surface area contributed by atoms with Crippen molar-refractivity contribution in [2.75, 3.05) is 13.2 Å². The van der Waals surface area contributed by atoms with E-state index in [9.17, 15) is 19.5 Å². The van der Waals surface area contributed by atoms with Gasteiger partial charge in [-0.25, -0.2) is 14.4 Å². The molecule has 1 saturated heterocycles. The fourth-order valence-electron chi connectivity index (χ4n) is 6.28. The van der Waals surface area contributed by atoms with Gasteiger partial charge in [0.25, 0.3) is 0 Å². The molecular weight excluding hydrogens is 733 g/mol. The molecule has 0 spiro atoms. The Bertz CT molecular complexity index is 2230. The molecule has 6 aromatic rings. The fraction of sp³-hybridized carbons (Fsp3) is 0.122. The fourth-order valence-corrected chi connectivity index (χ4v) is 7.69. The van der Waals surface area contributed by atoms with Crippen molar-refractivity contribution in [3.8, 4) is 33.4 Å². The molecule has 1 aliphatic rings. The molecule has 7 rings (SSSR count). The lowest BCUT2D eigenvalue weighted by Crippen LogP contribution is -2.42. The van der Waals surface area contributed by atoms with Gasteiger partial charge in [-0.1, -0.05) is 153 Å². The first-order valence-electron chi connectivity index (χ1n) is 18.4. The summed E-state index contributed by atoms with van der Waals surface area (Å²) in [4.78, 5) is 40.4. The first-order valence-corrected chi connectivity index (χ1v) is 19.4. The van der Waals surface area contributed by atoms with E-state index in [4.69, 9.17) is 14.2 Å². The summed E-state index contributed by atoms with van der Waals surface area (Å²) in [7, 11) is 0. The van der Waals surface area contributed by atoms with E-state index >= 15 is 0 Å². The second-order valence-electron chi connectivity index (χ2n) is 13.0. The van der Waals surface area contributed by atoms with Crippen molar-refractivity contribution in [1.82, 2.24) is 0 Å². The number of aliphatic hydroxyl groups is 1. The zero-order valence-corrected chi connectivity index (χ0v) is 32.0. The van der Waals surface area contributed by atoms with E-state index in [1.54, 1.807) is 48.6 Å². The second kappa shape index (κ2) is 19.9. The van der Waals surface area contributed by atoms with Gasteiger partial charge in [-0.05, 0) is 69.8 Å². The molecule has 8 heteroatoms. The minimum absolute atomic E-state index is 0.148. The number of hydrogen-bond acceptors (Lipinski definition) is 8. The Balaban J connectivity index is 0.00000131. The van der Waals surface area contributed by atoms with Crippen LogP contribution in [0.15, 0.2) is 189 Å². The number of carbonyl (C=O) groups is 3. The molecule has 7 nitrogen and oxygen atoms in total. The third-order valence-electron chi connectivity index (χ3n) is 9.30. The first kappa shape index (κ1) is 40.2. The van der Waals surface area contributed by atoms with E-state index in [2.05, 4.69) is 13.2 Å². The number of carbonyl (C=O) groups excluding carboxylic acids is 3. The number of ether oxygens (including phenoxy) is 3. The van der Waals surface area contributed by atoms with Gasteiger partial charge in [0.1, 0.15) is 6.61 Å². The molecule has 57 heavy (non-hydrogen) atoms. The number of rotatable bonds is 12. The maximum atomic E-state index is 13.6. The van der Waals surface area contributed by atoms with Gasteiger partial charge in [-0.15, -0.1) is 11.8 Å². The molecule has 4 atom stereocenters. The van der Waals surface area contributed by atoms with E-state index < -0.39 is 40.6 Å². The zero-order chi connectivity index (χ0) is 40.0. The molecule has 1 N–H and O–H groups in total. The molecule has 3 unspecified atom stereocenters. The lowest BCUT2D eigenvalue weighted by atomic mass is 10.0. The summed E-state index contributed by atoms with van der Waals surface area (Å²) in [6.07, 6.45) is 1.23. The Morgan fingerprint density at radius 2 is 0.789 bits per heavy atom. The SMILES string of the molecule is C=CC=C.O=C(OC[C@@H]1SC(CO)C(OC(=O)c2ccc(-c3ccccc3)cc2)C1OC(=O)c1ccc(-c2ccccc2)cc1)c1ccc(-c2ccccc2)cc1. The van der Waals surface area contributed by atoms with Crippen LogP contribution in [0.4, 0.5) is 0 Å². The van der Waals surface area contributed by atoms with Crippen LogP contribution in [0.1, 0.15) is 31.1 Å². The van der Waals surface area contributed by atoms with Crippen molar-refractivity contribution in [2.24, 2.45) is 0 Å².